The summed E-state index contributed by atoms with van der Waals surface area (Å²) >= 11 is 1.86. The molecule has 0 rings (SSSR count). The van der Waals surface area contributed by atoms with Gasteiger partial charge in [-0.25, -0.2) is 0 Å². The van der Waals surface area contributed by atoms with Gasteiger partial charge in [0, 0.05) is 0 Å². The maximum absolute atomic E-state index is 3.94. The molecule has 12 heavy (non-hydrogen) atoms. The normalized spacial score (nSPS) is 12.4. The lowest BCUT2D eigenvalue weighted by atomic mass is 10.2. The molecule has 0 aliphatic rings. The molecule has 0 bridgehead atoms. The highest BCUT2D eigenvalue weighted by atomic mass is 32.2. The SMILES string of the molecule is C=C(C=CCC)C=C(C)SCC. The summed E-state index contributed by atoms with van der Waals surface area (Å²) in [5.41, 5.74) is 1.09. The van der Waals surface area contributed by atoms with E-state index < -0.39 is 0 Å². The maximum Gasteiger partial charge on any atom is -0.00518 e. The second kappa shape index (κ2) is 7.23. The topological polar surface area (TPSA) is 0 Å². The summed E-state index contributed by atoms with van der Waals surface area (Å²) in [4.78, 5) is 1.34. The van der Waals surface area contributed by atoms with Gasteiger partial charge in [0.1, 0.15) is 0 Å². The van der Waals surface area contributed by atoms with Crippen LogP contribution in [0.1, 0.15) is 27.2 Å². The highest BCUT2D eigenvalue weighted by Crippen LogP contribution is 2.15. The Morgan fingerprint density at radius 1 is 1.42 bits per heavy atom. The molecule has 0 N–H and O–H groups in total. The van der Waals surface area contributed by atoms with Gasteiger partial charge in [0.25, 0.3) is 0 Å². The van der Waals surface area contributed by atoms with Crippen LogP contribution in [0.25, 0.3) is 0 Å². The van der Waals surface area contributed by atoms with Gasteiger partial charge in [-0.05, 0) is 35.7 Å². The van der Waals surface area contributed by atoms with E-state index in [0.717, 1.165) is 17.7 Å². The van der Waals surface area contributed by atoms with Crippen molar-refractivity contribution in [2.45, 2.75) is 27.2 Å². The van der Waals surface area contributed by atoms with Gasteiger partial charge in [-0.15, -0.1) is 11.8 Å². The fourth-order valence-corrected chi connectivity index (χ4v) is 1.54. The molecule has 0 aliphatic heterocycles. The van der Waals surface area contributed by atoms with Crippen LogP contribution >= 0.6 is 11.8 Å². The quantitative estimate of drug-likeness (QED) is 0.575. The summed E-state index contributed by atoms with van der Waals surface area (Å²) in [5, 5.41) is 0. The first kappa shape index (κ1) is 11.6. The summed E-state index contributed by atoms with van der Waals surface area (Å²) in [6.45, 7) is 10.3. The molecule has 0 aromatic carbocycles. The zero-order chi connectivity index (χ0) is 9.40. The van der Waals surface area contributed by atoms with Crippen LogP contribution < -0.4 is 0 Å². The second-order valence-corrected chi connectivity index (χ2v) is 4.08. The van der Waals surface area contributed by atoms with Gasteiger partial charge >= 0.3 is 0 Å². The summed E-state index contributed by atoms with van der Waals surface area (Å²) in [6, 6.07) is 0. The first-order chi connectivity index (χ1) is 5.70. The number of hydrogen-bond acceptors (Lipinski definition) is 1. The van der Waals surface area contributed by atoms with E-state index in [0.29, 0.717) is 0 Å². The van der Waals surface area contributed by atoms with E-state index in [-0.39, 0.29) is 0 Å². The van der Waals surface area contributed by atoms with Gasteiger partial charge in [-0.3, -0.25) is 0 Å². The van der Waals surface area contributed by atoms with E-state index in [1.54, 1.807) is 0 Å². The van der Waals surface area contributed by atoms with E-state index >= 15 is 0 Å². The lowest BCUT2D eigenvalue weighted by Crippen LogP contribution is -1.73. The lowest BCUT2D eigenvalue weighted by Gasteiger charge is -1.96. The minimum atomic E-state index is 1.08. The fraction of sp³-hybridized carbons (Fsp3) is 0.455. The molecule has 1 heteroatoms. The molecule has 0 aliphatic carbocycles. The minimum absolute atomic E-state index is 1.08. The molecular formula is C11H18S. The molecule has 0 amide bonds. The monoisotopic (exact) mass is 182 g/mol. The smallest absolute Gasteiger partial charge is 0.00518 e. The van der Waals surface area contributed by atoms with E-state index in [2.05, 4.69) is 45.6 Å². The Hall–Kier alpha value is -0.430. The molecule has 0 spiro atoms. The average molecular weight is 182 g/mol. The number of hydrogen-bond donors (Lipinski definition) is 0. The van der Waals surface area contributed by atoms with E-state index in [1.807, 2.05) is 11.8 Å². The van der Waals surface area contributed by atoms with E-state index in [4.69, 9.17) is 0 Å². The summed E-state index contributed by atoms with van der Waals surface area (Å²) in [7, 11) is 0. The third-order valence-electron chi connectivity index (χ3n) is 1.33. The highest BCUT2D eigenvalue weighted by Gasteiger charge is 1.87. The molecule has 0 fully saturated rings. The Morgan fingerprint density at radius 3 is 2.58 bits per heavy atom. The molecular weight excluding hydrogens is 164 g/mol. The van der Waals surface area contributed by atoms with Gasteiger partial charge in [-0.2, -0.15) is 0 Å². The predicted octanol–water partition coefficient (Wildman–Crippen LogP) is 4.17. The van der Waals surface area contributed by atoms with Crippen LogP contribution in [0.3, 0.4) is 0 Å². The molecule has 0 saturated heterocycles. The lowest BCUT2D eigenvalue weighted by molar-refractivity contribution is 1.22. The van der Waals surface area contributed by atoms with Crippen LogP contribution in [0.4, 0.5) is 0 Å². The Labute approximate surface area is 80.4 Å². The van der Waals surface area contributed by atoms with Crippen molar-refractivity contribution in [2.24, 2.45) is 0 Å². The standard InChI is InChI=1S/C11H18S/c1-5-7-8-10(3)9-11(4)12-6-2/h7-9H,3,5-6H2,1-2,4H3. The van der Waals surface area contributed by atoms with Crippen LogP contribution in [0, 0.1) is 0 Å². The predicted molar refractivity (Wildman–Crippen MR) is 60.5 cm³/mol. The number of allylic oxidation sites excluding steroid dienone is 5. The average Bonchev–Trinajstić information content (AvgIpc) is 2.01. The Kier molecular flexibility index (Phi) is 6.97. The fourth-order valence-electron chi connectivity index (χ4n) is 0.848. The van der Waals surface area contributed by atoms with Crippen molar-refractivity contribution >= 4 is 11.8 Å². The third kappa shape index (κ3) is 6.29. The molecule has 0 saturated carbocycles. The van der Waals surface area contributed by atoms with Crippen molar-refractivity contribution < 1.29 is 0 Å². The molecule has 68 valence electrons. The van der Waals surface area contributed by atoms with Gasteiger partial charge in [0.2, 0.25) is 0 Å². The summed E-state index contributed by atoms with van der Waals surface area (Å²) in [5.74, 6) is 1.13. The van der Waals surface area contributed by atoms with Crippen molar-refractivity contribution in [1.82, 2.24) is 0 Å². The van der Waals surface area contributed by atoms with E-state index in [1.165, 1.54) is 4.91 Å². The van der Waals surface area contributed by atoms with Gasteiger partial charge < -0.3 is 0 Å². The molecule has 0 radical (unpaired) electrons. The molecule has 0 aromatic rings. The summed E-state index contributed by atoms with van der Waals surface area (Å²) < 4.78 is 0. The zero-order valence-electron chi connectivity index (χ0n) is 8.26. The second-order valence-electron chi connectivity index (χ2n) is 2.57. The molecule has 0 atom stereocenters. The van der Waals surface area contributed by atoms with Crippen molar-refractivity contribution in [3.63, 3.8) is 0 Å². The van der Waals surface area contributed by atoms with Crippen LogP contribution in [-0.4, -0.2) is 5.75 Å². The maximum atomic E-state index is 3.94. The largest absolute Gasteiger partial charge is 0.131 e. The molecule has 0 nitrogen and oxygen atoms in total. The molecule has 0 aromatic heterocycles. The van der Waals surface area contributed by atoms with Gasteiger partial charge in [-0.1, -0.05) is 32.6 Å². The molecule has 0 unspecified atom stereocenters. The molecule has 0 heterocycles. The third-order valence-corrected chi connectivity index (χ3v) is 2.19. The van der Waals surface area contributed by atoms with Gasteiger partial charge in [0.15, 0.2) is 0 Å². The first-order valence-electron chi connectivity index (χ1n) is 4.37. The minimum Gasteiger partial charge on any atom is -0.131 e. The Morgan fingerprint density at radius 2 is 2.08 bits per heavy atom. The Bertz CT molecular complexity index is 187. The highest BCUT2D eigenvalue weighted by molar-refractivity contribution is 8.03. The Balaban J connectivity index is 3.96. The number of thioether (sulfide) groups is 1. The van der Waals surface area contributed by atoms with Crippen LogP contribution in [-0.2, 0) is 0 Å². The van der Waals surface area contributed by atoms with Crippen LogP contribution in [0.5, 0.6) is 0 Å². The van der Waals surface area contributed by atoms with Crippen LogP contribution in [0.15, 0.2) is 35.3 Å². The van der Waals surface area contributed by atoms with Crippen molar-refractivity contribution in [3.05, 3.63) is 35.3 Å². The van der Waals surface area contributed by atoms with Crippen molar-refractivity contribution in [1.29, 1.82) is 0 Å². The van der Waals surface area contributed by atoms with Gasteiger partial charge in [0.05, 0.1) is 0 Å². The van der Waals surface area contributed by atoms with Crippen molar-refractivity contribution in [2.75, 3.05) is 5.75 Å². The number of rotatable bonds is 5. The zero-order valence-corrected chi connectivity index (χ0v) is 9.08. The first-order valence-corrected chi connectivity index (χ1v) is 5.35. The van der Waals surface area contributed by atoms with E-state index in [9.17, 15) is 0 Å². The van der Waals surface area contributed by atoms with Crippen molar-refractivity contribution in [3.8, 4) is 0 Å². The van der Waals surface area contributed by atoms with Crippen LogP contribution in [0.2, 0.25) is 0 Å². The summed E-state index contributed by atoms with van der Waals surface area (Å²) in [6.07, 6.45) is 7.40.